The van der Waals surface area contributed by atoms with Crippen LogP contribution in [0.4, 0.5) is 0 Å². The molecule has 0 aliphatic heterocycles. The van der Waals surface area contributed by atoms with E-state index >= 15 is 0 Å². The predicted octanol–water partition coefficient (Wildman–Crippen LogP) is 4.11. The van der Waals surface area contributed by atoms with Crippen LogP contribution in [-0.4, -0.2) is 19.3 Å². The van der Waals surface area contributed by atoms with E-state index in [4.69, 9.17) is 9.47 Å². The molecule has 0 bridgehead atoms. The van der Waals surface area contributed by atoms with E-state index in [1.807, 2.05) is 49.4 Å². The van der Waals surface area contributed by atoms with Crippen molar-refractivity contribution in [1.29, 1.82) is 0 Å². The van der Waals surface area contributed by atoms with Gasteiger partial charge in [0.25, 0.3) is 0 Å². The van der Waals surface area contributed by atoms with E-state index in [0.29, 0.717) is 28.0 Å². The lowest BCUT2D eigenvalue weighted by Gasteiger charge is -2.30. The van der Waals surface area contributed by atoms with E-state index in [9.17, 15) is 5.11 Å². The van der Waals surface area contributed by atoms with Gasteiger partial charge in [-0.1, -0.05) is 37.3 Å². The lowest BCUT2D eigenvalue weighted by molar-refractivity contribution is 0.0734. The lowest BCUT2D eigenvalue weighted by atomic mass is 9.83. The molecule has 0 aliphatic carbocycles. The van der Waals surface area contributed by atoms with Crippen molar-refractivity contribution in [2.45, 2.75) is 18.9 Å². The summed E-state index contributed by atoms with van der Waals surface area (Å²) in [6, 6.07) is 13.3. The highest BCUT2D eigenvalue weighted by atomic mass is 79.9. The first-order valence-corrected chi connectivity index (χ1v) is 7.56. The van der Waals surface area contributed by atoms with Crippen molar-refractivity contribution in [3.8, 4) is 11.5 Å². The maximum atomic E-state index is 11.2. The van der Waals surface area contributed by atoms with Gasteiger partial charge in [0.1, 0.15) is 21.6 Å². The van der Waals surface area contributed by atoms with Gasteiger partial charge in [0.05, 0.1) is 14.2 Å². The average Bonchev–Trinajstić information content (AvgIpc) is 2.54. The van der Waals surface area contributed by atoms with Crippen LogP contribution in [0.15, 0.2) is 46.9 Å². The highest BCUT2D eigenvalue weighted by Gasteiger charge is 2.34. The smallest absolute Gasteiger partial charge is 0.143 e. The van der Waals surface area contributed by atoms with Crippen molar-refractivity contribution in [3.63, 3.8) is 0 Å². The molecule has 0 radical (unpaired) electrons. The van der Waals surface area contributed by atoms with Gasteiger partial charge in [-0.25, -0.2) is 0 Å². The van der Waals surface area contributed by atoms with Crippen LogP contribution in [0.5, 0.6) is 11.5 Å². The van der Waals surface area contributed by atoms with Crippen LogP contribution in [0.2, 0.25) is 0 Å². The Morgan fingerprint density at radius 2 is 1.71 bits per heavy atom. The first-order chi connectivity index (χ1) is 10.1. The van der Waals surface area contributed by atoms with Crippen molar-refractivity contribution in [2.24, 2.45) is 0 Å². The number of benzene rings is 2. The van der Waals surface area contributed by atoms with Gasteiger partial charge in [0.15, 0.2) is 0 Å². The molecule has 0 aliphatic rings. The summed E-state index contributed by atoms with van der Waals surface area (Å²) in [7, 11) is 3.19. The van der Waals surface area contributed by atoms with E-state index in [2.05, 4.69) is 15.9 Å². The van der Waals surface area contributed by atoms with E-state index < -0.39 is 5.60 Å². The second-order valence-corrected chi connectivity index (χ2v) is 5.54. The molecule has 1 unspecified atom stereocenters. The Hall–Kier alpha value is -1.52. The summed E-state index contributed by atoms with van der Waals surface area (Å²) in [4.78, 5) is 0. The monoisotopic (exact) mass is 350 g/mol. The molecule has 0 saturated heterocycles. The fraction of sp³-hybridized carbons (Fsp3) is 0.294. The zero-order valence-electron chi connectivity index (χ0n) is 12.4. The molecule has 3 nitrogen and oxygen atoms in total. The predicted molar refractivity (Wildman–Crippen MR) is 87.0 cm³/mol. The van der Waals surface area contributed by atoms with Gasteiger partial charge in [0, 0.05) is 5.56 Å². The molecule has 0 fully saturated rings. The molecule has 4 heteroatoms. The van der Waals surface area contributed by atoms with Gasteiger partial charge < -0.3 is 14.6 Å². The molecule has 21 heavy (non-hydrogen) atoms. The van der Waals surface area contributed by atoms with Crippen LogP contribution in [-0.2, 0) is 5.60 Å². The maximum absolute atomic E-state index is 11.2. The Morgan fingerprint density at radius 3 is 2.24 bits per heavy atom. The molecule has 1 atom stereocenters. The summed E-state index contributed by atoms with van der Waals surface area (Å²) in [5, 5.41) is 11.2. The fourth-order valence-electron chi connectivity index (χ4n) is 2.48. The minimum Gasteiger partial charge on any atom is -0.495 e. The standard InChI is InChI=1S/C17H19BrO3/c1-4-17(19,12-8-6-5-7-9-12)13-10-11-14(20-2)15(18)16(13)21-3/h5-11,19H,4H2,1-3H3. The maximum Gasteiger partial charge on any atom is 0.143 e. The van der Waals surface area contributed by atoms with Crippen LogP contribution >= 0.6 is 15.9 Å². The molecule has 2 rings (SSSR count). The Morgan fingerprint density at radius 1 is 1.05 bits per heavy atom. The number of halogens is 1. The van der Waals surface area contributed by atoms with Crippen molar-refractivity contribution < 1.29 is 14.6 Å². The Bertz CT molecular complexity index is 613. The third-order valence-corrected chi connectivity index (χ3v) is 4.45. The lowest BCUT2D eigenvalue weighted by Crippen LogP contribution is -2.27. The van der Waals surface area contributed by atoms with Gasteiger partial charge in [-0.3, -0.25) is 0 Å². The molecule has 0 saturated carbocycles. The topological polar surface area (TPSA) is 38.7 Å². The molecule has 0 heterocycles. The van der Waals surface area contributed by atoms with Crippen LogP contribution in [0, 0.1) is 0 Å². The van der Waals surface area contributed by atoms with Crippen LogP contribution in [0.25, 0.3) is 0 Å². The number of rotatable bonds is 5. The first kappa shape index (κ1) is 15.9. The first-order valence-electron chi connectivity index (χ1n) is 6.77. The third-order valence-electron chi connectivity index (χ3n) is 3.69. The summed E-state index contributed by atoms with van der Waals surface area (Å²) in [6.07, 6.45) is 0.534. The van der Waals surface area contributed by atoms with E-state index in [0.717, 1.165) is 5.56 Å². The van der Waals surface area contributed by atoms with E-state index in [1.165, 1.54) is 0 Å². The molecular weight excluding hydrogens is 332 g/mol. The van der Waals surface area contributed by atoms with Crippen LogP contribution in [0.3, 0.4) is 0 Å². The largest absolute Gasteiger partial charge is 0.495 e. The number of hydrogen-bond acceptors (Lipinski definition) is 3. The van der Waals surface area contributed by atoms with Crippen molar-refractivity contribution in [2.75, 3.05) is 14.2 Å². The summed E-state index contributed by atoms with van der Waals surface area (Å²) in [5.74, 6) is 1.25. The molecule has 0 amide bonds. The molecular formula is C17H19BrO3. The quantitative estimate of drug-likeness (QED) is 0.881. The fourth-order valence-corrected chi connectivity index (χ4v) is 3.15. The van der Waals surface area contributed by atoms with Gasteiger partial charge >= 0.3 is 0 Å². The Labute approximate surface area is 133 Å². The molecule has 112 valence electrons. The molecule has 0 spiro atoms. The highest BCUT2D eigenvalue weighted by Crippen LogP contribution is 2.45. The molecule has 1 N–H and O–H groups in total. The number of aliphatic hydroxyl groups is 1. The second kappa shape index (κ2) is 6.50. The molecule has 2 aromatic rings. The van der Waals surface area contributed by atoms with E-state index in [1.54, 1.807) is 14.2 Å². The number of ether oxygens (including phenoxy) is 2. The van der Waals surface area contributed by atoms with Crippen molar-refractivity contribution in [3.05, 3.63) is 58.1 Å². The van der Waals surface area contributed by atoms with Crippen molar-refractivity contribution >= 4 is 15.9 Å². The van der Waals surface area contributed by atoms with Gasteiger partial charge in [-0.15, -0.1) is 0 Å². The zero-order chi connectivity index (χ0) is 15.5. The summed E-state index contributed by atoms with van der Waals surface area (Å²) < 4.78 is 11.5. The van der Waals surface area contributed by atoms with Crippen LogP contribution in [0.1, 0.15) is 24.5 Å². The number of hydrogen-bond donors (Lipinski definition) is 1. The highest BCUT2D eigenvalue weighted by molar-refractivity contribution is 9.10. The Balaban J connectivity index is 2.66. The van der Waals surface area contributed by atoms with Gasteiger partial charge in [0.2, 0.25) is 0 Å². The summed E-state index contributed by atoms with van der Waals surface area (Å²) in [6.45, 7) is 1.95. The summed E-state index contributed by atoms with van der Waals surface area (Å²) >= 11 is 3.49. The zero-order valence-corrected chi connectivity index (χ0v) is 14.0. The normalized spacial score (nSPS) is 13.6. The molecule has 2 aromatic carbocycles. The molecule has 0 aromatic heterocycles. The van der Waals surface area contributed by atoms with Gasteiger partial charge in [-0.05, 0) is 40.0 Å². The Kier molecular flexibility index (Phi) is 4.91. The average molecular weight is 351 g/mol. The third kappa shape index (κ3) is 2.78. The summed E-state index contributed by atoms with van der Waals surface area (Å²) in [5.41, 5.74) is 0.440. The number of methoxy groups -OCH3 is 2. The van der Waals surface area contributed by atoms with E-state index in [-0.39, 0.29) is 0 Å². The van der Waals surface area contributed by atoms with Gasteiger partial charge in [-0.2, -0.15) is 0 Å². The van der Waals surface area contributed by atoms with Crippen LogP contribution < -0.4 is 9.47 Å². The minimum absolute atomic E-state index is 0.534. The SMILES string of the molecule is CCC(O)(c1ccccc1)c1ccc(OC)c(Br)c1OC. The minimum atomic E-state index is -1.11. The van der Waals surface area contributed by atoms with Crippen molar-refractivity contribution in [1.82, 2.24) is 0 Å². The second-order valence-electron chi connectivity index (χ2n) is 4.74.